The molecule has 1 fully saturated rings. The van der Waals surface area contributed by atoms with E-state index in [1.54, 1.807) is 70.3 Å². The fourth-order valence-corrected chi connectivity index (χ4v) is 4.87. The molecule has 0 aromatic heterocycles. The van der Waals surface area contributed by atoms with Gasteiger partial charge in [-0.05, 0) is 69.0 Å². The first-order valence-corrected chi connectivity index (χ1v) is 14.0. The van der Waals surface area contributed by atoms with Crippen molar-refractivity contribution < 1.29 is 29.0 Å². The number of methoxy groups -OCH3 is 1. The molecule has 1 aliphatic carbocycles. The fraction of sp³-hybridized carbons (Fsp3) is 0.364. The highest BCUT2D eigenvalue weighted by Gasteiger charge is 2.48. The number of phenols is 1. The van der Waals surface area contributed by atoms with Gasteiger partial charge in [0.05, 0.1) is 7.11 Å². The minimum absolute atomic E-state index is 0.113. The van der Waals surface area contributed by atoms with Crippen LogP contribution < -0.4 is 15.4 Å². The zero-order valence-corrected chi connectivity index (χ0v) is 24.7. The fourth-order valence-electron chi connectivity index (χ4n) is 4.87. The van der Waals surface area contributed by atoms with E-state index in [0.717, 1.165) is 5.56 Å². The number of benzene rings is 3. The maximum Gasteiger partial charge on any atom is 0.408 e. The molecule has 4 rings (SSSR count). The lowest BCUT2D eigenvalue weighted by molar-refractivity contribution is -0.141. The number of hydrogen-bond acceptors (Lipinski definition) is 6. The van der Waals surface area contributed by atoms with E-state index in [1.165, 1.54) is 11.0 Å². The van der Waals surface area contributed by atoms with Gasteiger partial charge in [-0.25, -0.2) is 4.79 Å². The van der Waals surface area contributed by atoms with E-state index in [-0.39, 0.29) is 29.7 Å². The first-order valence-electron chi connectivity index (χ1n) is 14.0. The predicted molar refractivity (Wildman–Crippen MR) is 160 cm³/mol. The molecule has 1 aliphatic rings. The third-order valence-corrected chi connectivity index (χ3v) is 7.07. The molecule has 1 saturated carbocycles. The van der Waals surface area contributed by atoms with Gasteiger partial charge in [0, 0.05) is 23.7 Å². The highest BCUT2D eigenvalue weighted by molar-refractivity contribution is 5.99. The van der Waals surface area contributed by atoms with Gasteiger partial charge in [-0.1, -0.05) is 55.5 Å². The molecule has 0 bridgehead atoms. The van der Waals surface area contributed by atoms with Crippen molar-refractivity contribution in [2.45, 2.75) is 64.3 Å². The number of nitrogens with one attached hydrogen (secondary N) is 2. The molecule has 0 radical (unpaired) electrons. The normalized spacial score (nSPS) is 17.4. The molecule has 3 aromatic rings. The Morgan fingerprint density at radius 1 is 0.976 bits per heavy atom. The molecule has 9 nitrogen and oxygen atoms in total. The molecule has 9 heteroatoms. The van der Waals surface area contributed by atoms with Crippen molar-refractivity contribution in [1.29, 1.82) is 0 Å². The number of alkyl carbamates (subject to hydrolysis) is 1. The second-order valence-electron chi connectivity index (χ2n) is 11.6. The van der Waals surface area contributed by atoms with E-state index >= 15 is 0 Å². The van der Waals surface area contributed by atoms with Crippen LogP contribution in [0.25, 0.3) is 0 Å². The SMILES string of the molecule is COc1ccc(NC(=O)C(c2ccccc2O)N(C(=O)C(Cc2ccccc2)NC(=O)OC(C)(C)C)C2CC2C)cc1. The van der Waals surface area contributed by atoms with E-state index < -0.39 is 35.6 Å². The van der Waals surface area contributed by atoms with Crippen molar-refractivity contribution >= 4 is 23.6 Å². The summed E-state index contributed by atoms with van der Waals surface area (Å²) in [5.74, 6) is -0.305. The van der Waals surface area contributed by atoms with E-state index in [9.17, 15) is 19.5 Å². The largest absolute Gasteiger partial charge is 0.508 e. The summed E-state index contributed by atoms with van der Waals surface area (Å²) >= 11 is 0. The third-order valence-electron chi connectivity index (χ3n) is 7.07. The Morgan fingerprint density at radius 2 is 1.60 bits per heavy atom. The molecule has 0 saturated heterocycles. The van der Waals surface area contributed by atoms with Gasteiger partial charge < -0.3 is 30.1 Å². The summed E-state index contributed by atoms with van der Waals surface area (Å²) in [6, 6.07) is 20.2. The van der Waals surface area contributed by atoms with Crippen LogP contribution in [-0.4, -0.2) is 52.7 Å². The molecular formula is C33H39N3O6. The summed E-state index contributed by atoms with van der Waals surface area (Å²) in [7, 11) is 1.55. The molecule has 4 atom stereocenters. The minimum atomic E-state index is -1.17. The number of anilines is 1. The van der Waals surface area contributed by atoms with Crippen molar-refractivity contribution in [2.75, 3.05) is 12.4 Å². The summed E-state index contributed by atoms with van der Waals surface area (Å²) in [6.45, 7) is 7.24. The molecular weight excluding hydrogens is 534 g/mol. The van der Waals surface area contributed by atoms with Crippen LogP contribution in [0.2, 0.25) is 0 Å². The first-order chi connectivity index (χ1) is 20.0. The standard InChI is InChI=1S/C33H39N3O6/c1-21-19-27(21)36(31(39)26(20-22-11-7-6-8-12-22)35-32(40)42-33(2,3)4)29(25-13-9-10-14-28(25)37)30(38)34-23-15-17-24(41-5)18-16-23/h6-18,21,26-27,29,37H,19-20H2,1-5H3,(H,34,38)(H,35,40). The summed E-state index contributed by atoms with van der Waals surface area (Å²) in [4.78, 5) is 43.0. The van der Waals surface area contributed by atoms with Gasteiger partial charge in [0.1, 0.15) is 29.2 Å². The lowest BCUT2D eigenvalue weighted by Crippen LogP contribution is -2.54. The molecule has 3 aromatic carbocycles. The second kappa shape index (κ2) is 13.0. The Morgan fingerprint density at radius 3 is 2.17 bits per heavy atom. The van der Waals surface area contributed by atoms with Crippen LogP contribution in [0, 0.1) is 5.92 Å². The van der Waals surface area contributed by atoms with Crippen LogP contribution in [0.4, 0.5) is 10.5 Å². The maximum atomic E-state index is 14.5. The van der Waals surface area contributed by atoms with Crippen molar-refractivity contribution in [3.8, 4) is 11.5 Å². The van der Waals surface area contributed by atoms with Crippen molar-refractivity contribution in [3.05, 3.63) is 90.0 Å². The van der Waals surface area contributed by atoms with Crippen LogP contribution in [0.5, 0.6) is 11.5 Å². The predicted octanol–water partition coefficient (Wildman–Crippen LogP) is 5.45. The number of amides is 3. The second-order valence-corrected chi connectivity index (χ2v) is 11.6. The summed E-state index contributed by atoms with van der Waals surface area (Å²) < 4.78 is 10.7. The summed E-state index contributed by atoms with van der Waals surface area (Å²) in [6.07, 6.45) is 0.127. The van der Waals surface area contributed by atoms with Crippen LogP contribution >= 0.6 is 0 Å². The molecule has 3 N–H and O–H groups in total. The minimum Gasteiger partial charge on any atom is -0.508 e. The number of carbonyl (C=O) groups excluding carboxylic acids is 3. The van der Waals surface area contributed by atoms with Gasteiger partial charge in [-0.3, -0.25) is 9.59 Å². The number of nitrogens with zero attached hydrogens (tertiary/aromatic N) is 1. The first kappa shape index (κ1) is 30.4. The van der Waals surface area contributed by atoms with Crippen LogP contribution in [0.15, 0.2) is 78.9 Å². The lowest BCUT2D eigenvalue weighted by atomic mass is 9.99. The van der Waals surface area contributed by atoms with Gasteiger partial charge in [0.15, 0.2) is 0 Å². The number of rotatable bonds is 10. The van der Waals surface area contributed by atoms with Crippen LogP contribution in [0.1, 0.15) is 51.3 Å². The Kier molecular flexibility index (Phi) is 9.40. The third kappa shape index (κ3) is 7.81. The van der Waals surface area contributed by atoms with E-state index in [4.69, 9.17) is 9.47 Å². The van der Waals surface area contributed by atoms with E-state index in [1.807, 2.05) is 37.3 Å². The van der Waals surface area contributed by atoms with Crippen molar-refractivity contribution in [2.24, 2.45) is 5.92 Å². The molecule has 4 unspecified atom stereocenters. The lowest BCUT2D eigenvalue weighted by Gasteiger charge is -2.35. The van der Waals surface area contributed by atoms with Gasteiger partial charge in [0.2, 0.25) is 5.91 Å². The monoisotopic (exact) mass is 573 g/mol. The van der Waals surface area contributed by atoms with Gasteiger partial charge >= 0.3 is 6.09 Å². The zero-order chi connectivity index (χ0) is 30.4. The smallest absolute Gasteiger partial charge is 0.408 e. The van der Waals surface area contributed by atoms with Crippen LogP contribution in [0.3, 0.4) is 0 Å². The molecule has 0 heterocycles. The summed E-state index contributed by atoms with van der Waals surface area (Å²) in [5.41, 5.74) is 0.848. The number of carbonyl (C=O) groups is 3. The Labute approximate surface area is 246 Å². The van der Waals surface area contributed by atoms with Gasteiger partial charge in [-0.2, -0.15) is 0 Å². The average molecular weight is 574 g/mol. The Balaban J connectivity index is 1.74. The number of para-hydroxylation sites is 1. The molecule has 0 aliphatic heterocycles. The topological polar surface area (TPSA) is 117 Å². The highest BCUT2D eigenvalue weighted by atomic mass is 16.6. The molecule has 0 spiro atoms. The number of aromatic hydroxyl groups is 1. The maximum absolute atomic E-state index is 14.5. The zero-order valence-electron chi connectivity index (χ0n) is 24.7. The molecule has 3 amide bonds. The highest BCUT2D eigenvalue weighted by Crippen LogP contribution is 2.42. The quantitative estimate of drug-likeness (QED) is 0.297. The van der Waals surface area contributed by atoms with E-state index in [2.05, 4.69) is 10.6 Å². The average Bonchev–Trinajstić information content (AvgIpc) is 3.67. The Hall–Kier alpha value is -4.53. The molecule has 222 valence electrons. The van der Waals surface area contributed by atoms with Crippen molar-refractivity contribution in [1.82, 2.24) is 10.2 Å². The van der Waals surface area contributed by atoms with Crippen LogP contribution in [-0.2, 0) is 20.7 Å². The summed E-state index contributed by atoms with van der Waals surface area (Å²) in [5, 5.41) is 16.5. The molecule has 42 heavy (non-hydrogen) atoms. The van der Waals surface area contributed by atoms with Gasteiger partial charge in [0.25, 0.3) is 5.91 Å². The number of ether oxygens (including phenoxy) is 2. The number of phenolic OH excluding ortho intramolecular Hbond substituents is 1. The van der Waals surface area contributed by atoms with Gasteiger partial charge in [-0.15, -0.1) is 0 Å². The van der Waals surface area contributed by atoms with E-state index in [0.29, 0.717) is 17.9 Å². The number of hydrogen-bond donors (Lipinski definition) is 3. The Bertz CT molecular complexity index is 1390. The van der Waals surface area contributed by atoms with Crippen molar-refractivity contribution in [3.63, 3.8) is 0 Å².